The predicted molar refractivity (Wildman–Crippen MR) is 55.4 cm³/mol. The fourth-order valence-corrected chi connectivity index (χ4v) is 1.21. The van der Waals surface area contributed by atoms with E-state index in [-0.39, 0.29) is 17.3 Å². The molecule has 0 unspecified atom stereocenters. The quantitative estimate of drug-likeness (QED) is 0.648. The Kier molecular flexibility index (Phi) is 3.74. The number of hydrogen-bond acceptors (Lipinski definition) is 2. The second-order valence-corrected chi connectivity index (χ2v) is 3.55. The number of aromatic nitrogens is 1. The van der Waals surface area contributed by atoms with E-state index < -0.39 is 12.0 Å². The van der Waals surface area contributed by atoms with Gasteiger partial charge in [-0.25, -0.2) is 0 Å². The van der Waals surface area contributed by atoms with Crippen molar-refractivity contribution >= 4 is 17.4 Å². The van der Waals surface area contributed by atoms with Gasteiger partial charge in [0.1, 0.15) is 0 Å². The van der Waals surface area contributed by atoms with Crippen molar-refractivity contribution in [1.29, 1.82) is 0 Å². The first-order valence-electron chi connectivity index (χ1n) is 4.29. The van der Waals surface area contributed by atoms with Gasteiger partial charge in [-0.15, -0.1) is 0 Å². The highest BCUT2D eigenvalue weighted by Crippen LogP contribution is 2.18. The van der Waals surface area contributed by atoms with Gasteiger partial charge in [0, 0.05) is 6.20 Å². The van der Waals surface area contributed by atoms with E-state index in [1.807, 2.05) is 0 Å². The molecule has 2 N–H and O–H groups in total. The average Bonchev–Trinajstić information content (AvgIpc) is 2.14. The molecule has 0 aliphatic carbocycles. The Morgan fingerprint density at radius 2 is 2.19 bits per heavy atom. The molecule has 1 heterocycles. The van der Waals surface area contributed by atoms with Crippen LogP contribution in [0.5, 0.6) is 0 Å². The maximum Gasteiger partial charge on any atom is 0.448 e. The van der Waals surface area contributed by atoms with Gasteiger partial charge in [-0.1, -0.05) is 11.6 Å². The molecule has 0 saturated carbocycles. The van der Waals surface area contributed by atoms with E-state index in [1.165, 1.54) is 6.20 Å². The molecule has 0 saturated heterocycles. The summed E-state index contributed by atoms with van der Waals surface area (Å²) in [6.07, 6.45) is -3.11. The zero-order valence-electron chi connectivity index (χ0n) is 8.35. The van der Waals surface area contributed by atoms with Crippen LogP contribution >= 0.6 is 11.6 Å². The molecule has 0 atom stereocenters. The molecule has 0 aromatic carbocycles. The van der Waals surface area contributed by atoms with Gasteiger partial charge in [0.05, 0.1) is 17.3 Å². The molecule has 0 aliphatic rings. The summed E-state index contributed by atoms with van der Waals surface area (Å²) in [5.74, 6) is -1.38. The van der Waals surface area contributed by atoms with Gasteiger partial charge < -0.3 is 5.73 Å². The van der Waals surface area contributed by atoms with Crippen LogP contribution in [0.15, 0.2) is 17.3 Å². The molecule has 0 fully saturated rings. The van der Waals surface area contributed by atoms with Crippen molar-refractivity contribution in [2.24, 2.45) is 10.7 Å². The number of halogens is 4. The van der Waals surface area contributed by atoms with Gasteiger partial charge in [-0.2, -0.15) is 13.2 Å². The molecule has 1 aromatic heterocycles. The summed E-state index contributed by atoms with van der Waals surface area (Å²) in [6.45, 7) is 1.49. The fourth-order valence-electron chi connectivity index (χ4n) is 0.928. The topological polar surface area (TPSA) is 51.3 Å². The van der Waals surface area contributed by atoms with Crippen LogP contribution in [0, 0.1) is 6.92 Å². The van der Waals surface area contributed by atoms with E-state index in [2.05, 4.69) is 9.98 Å². The van der Waals surface area contributed by atoms with Crippen LogP contribution in [0.4, 0.5) is 13.2 Å². The minimum Gasteiger partial charge on any atom is -0.380 e. The molecule has 3 nitrogen and oxygen atoms in total. The summed E-state index contributed by atoms with van der Waals surface area (Å²) in [4.78, 5) is 7.05. The molecule has 16 heavy (non-hydrogen) atoms. The number of pyridine rings is 1. The Balaban J connectivity index is 2.83. The first-order chi connectivity index (χ1) is 7.30. The highest BCUT2D eigenvalue weighted by molar-refractivity contribution is 6.31. The monoisotopic (exact) mass is 251 g/mol. The van der Waals surface area contributed by atoms with Crippen LogP contribution in [0.3, 0.4) is 0 Å². The molecule has 0 spiro atoms. The molecule has 0 aliphatic heterocycles. The Hall–Kier alpha value is -1.30. The van der Waals surface area contributed by atoms with Crippen LogP contribution in [-0.4, -0.2) is 17.0 Å². The number of hydrogen-bond donors (Lipinski definition) is 1. The Morgan fingerprint density at radius 3 is 2.69 bits per heavy atom. The van der Waals surface area contributed by atoms with Crippen molar-refractivity contribution in [3.63, 3.8) is 0 Å². The normalized spacial score (nSPS) is 12.9. The Bertz CT molecular complexity index is 415. The summed E-state index contributed by atoms with van der Waals surface area (Å²) >= 11 is 5.77. The van der Waals surface area contributed by atoms with Gasteiger partial charge >= 0.3 is 6.18 Å². The molecule has 88 valence electrons. The third kappa shape index (κ3) is 3.37. The van der Waals surface area contributed by atoms with E-state index >= 15 is 0 Å². The smallest absolute Gasteiger partial charge is 0.380 e. The number of amidine groups is 1. The zero-order valence-corrected chi connectivity index (χ0v) is 9.10. The fraction of sp³-hybridized carbons (Fsp3) is 0.333. The maximum atomic E-state index is 12.0. The number of alkyl halides is 3. The lowest BCUT2D eigenvalue weighted by atomic mass is 10.3. The van der Waals surface area contributed by atoms with Gasteiger partial charge in [-0.3, -0.25) is 9.98 Å². The lowest BCUT2D eigenvalue weighted by Crippen LogP contribution is -2.31. The number of aryl methyl sites for hydroxylation is 1. The molecular weight excluding hydrogens is 243 g/mol. The summed E-state index contributed by atoms with van der Waals surface area (Å²) in [5, 5.41) is 0.277. The molecule has 0 amide bonds. The molecular formula is C9H9ClF3N3. The first kappa shape index (κ1) is 12.8. The van der Waals surface area contributed by atoms with Crippen molar-refractivity contribution in [3.8, 4) is 0 Å². The van der Waals surface area contributed by atoms with Crippen LogP contribution in [0.1, 0.15) is 11.3 Å². The van der Waals surface area contributed by atoms with E-state index in [1.54, 1.807) is 13.0 Å². The van der Waals surface area contributed by atoms with Crippen LogP contribution in [-0.2, 0) is 6.54 Å². The molecule has 0 bridgehead atoms. The summed E-state index contributed by atoms with van der Waals surface area (Å²) in [6, 6.07) is 1.60. The van der Waals surface area contributed by atoms with E-state index in [9.17, 15) is 13.2 Å². The Labute approximate surface area is 95.1 Å². The summed E-state index contributed by atoms with van der Waals surface area (Å²) < 4.78 is 36.0. The van der Waals surface area contributed by atoms with Crippen molar-refractivity contribution in [2.75, 3.05) is 0 Å². The summed E-state index contributed by atoms with van der Waals surface area (Å²) in [5.41, 5.74) is 5.82. The molecule has 0 radical (unpaired) electrons. The highest BCUT2D eigenvalue weighted by atomic mass is 35.5. The third-order valence-corrected chi connectivity index (χ3v) is 2.07. The Morgan fingerprint density at radius 1 is 1.56 bits per heavy atom. The number of rotatable bonds is 2. The van der Waals surface area contributed by atoms with Crippen molar-refractivity contribution in [3.05, 3.63) is 28.5 Å². The number of nitrogens with zero attached hydrogens (tertiary/aromatic N) is 2. The van der Waals surface area contributed by atoms with Crippen molar-refractivity contribution < 1.29 is 13.2 Å². The second-order valence-electron chi connectivity index (χ2n) is 3.14. The minimum absolute atomic E-state index is 0.263. The van der Waals surface area contributed by atoms with Crippen molar-refractivity contribution in [2.45, 2.75) is 19.6 Å². The summed E-state index contributed by atoms with van der Waals surface area (Å²) in [7, 11) is 0. The van der Waals surface area contributed by atoms with Gasteiger partial charge in [0.25, 0.3) is 0 Å². The highest BCUT2D eigenvalue weighted by Gasteiger charge is 2.33. The molecule has 1 rings (SSSR count). The molecule has 7 heteroatoms. The predicted octanol–water partition coefficient (Wildman–Crippen LogP) is 2.46. The number of aliphatic imine (C=N–C) groups is 1. The van der Waals surface area contributed by atoms with Gasteiger partial charge in [-0.05, 0) is 18.6 Å². The van der Waals surface area contributed by atoms with Crippen LogP contribution in [0.2, 0.25) is 5.02 Å². The molecule has 1 aromatic rings. The van der Waals surface area contributed by atoms with Crippen LogP contribution < -0.4 is 5.73 Å². The minimum atomic E-state index is -4.61. The second kappa shape index (κ2) is 4.69. The lowest BCUT2D eigenvalue weighted by molar-refractivity contribution is -0.0600. The van der Waals surface area contributed by atoms with Crippen molar-refractivity contribution in [1.82, 2.24) is 4.98 Å². The zero-order chi connectivity index (χ0) is 12.3. The third-order valence-electron chi connectivity index (χ3n) is 1.74. The number of nitrogens with two attached hydrogens (primary N) is 1. The van der Waals surface area contributed by atoms with E-state index in [4.69, 9.17) is 17.3 Å². The van der Waals surface area contributed by atoms with E-state index in [0.717, 1.165) is 5.56 Å². The SMILES string of the molecule is Cc1cnc(CN=C(N)C(F)(F)F)c(Cl)c1. The largest absolute Gasteiger partial charge is 0.448 e. The standard InChI is InChI=1S/C9H9ClF3N3/c1-5-2-6(10)7(15-3-5)4-16-8(14)9(11,12)13/h2-3H,4H2,1H3,(H2,14,16). The lowest BCUT2D eigenvalue weighted by Gasteiger charge is -2.05. The van der Waals surface area contributed by atoms with E-state index in [0.29, 0.717) is 0 Å². The van der Waals surface area contributed by atoms with Crippen LogP contribution in [0.25, 0.3) is 0 Å². The van der Waals surface area contributed by atoms with Gasteiger partial charge in [0.15, 0.2) is 0 Å². The maximum absolute atomic E-state index is 12.0. The average molecular weight is 252 g/mol. The van der Waals surface area contributed by atoms with Gasteiger partial charge in [0.2, 0.25) is 5.84 Å². The first-order valence-corrected chi connectivity index (χ1v) is 4.66.